The van der Waals surface area contributed by atoms with Gasteiger partial charge in [0.2, 0.25) is 0 Å². The Kier molecular flexibility index (Phi) is 2.70. The van der Waals surface area contributed by atoms with Crippen LogP contribution in [0.4, 0.5) is 5.69 Å². The van der Waals surface area contributed by atoms with E-state index in [0.29, 0.717) is 6.04 Å². The van der Waals surface area contributed by atoms with E-state index in [2.05, 4.69) is 50.2 Å². The maximum atomic E-state index is 3.32. The number of rotatable bonds is 2. The first-order valence-corrected chi connectivity index (χ1v) is 5.61. The molecule has 1 aromatic carbocycles. The van der Waals surface area contributed by atoms with E-state index in [9.17, 15) is 0 Å². The highest BCUT2D eigenvalue weighted by atomic mass is 15.2. The second kappa shape index (κ2) is 3.86. The highest BCUT2D eigenvalue weighted by molar-refractivity contribution is 5.58. The molecule has 0 aliphatic carbocycles. The van der Waals surface area contributed by atoms with Crippen LogP contribution in [0, 0.1) is 20.8 Å². The van der Waals surface area contributed by atoms with Crippen LogP contribution in [-0.4, -0.2) is 26.2 Å². The van der Waals surface area contributed by atoms with Crippen LogP contribution >= 0.6 is 0 Å². The predicted octanol–water partition coefficient (Wildman–Crippen LogP) is 2.02. The first kappa shape index (κ1) is 10.5. The average Bonchev–Trinajstić information content (AvgIpc) is 2.11. The smallest absolute Gasteiger partial charge is 0.0535 e. The van der Waals surface area contributed by atoms with E-state index < -0.39 is 0 Å². The predicted molar refractivity (Wildman–Crippen MR) is 65.7 cm³/mol. The van der Waals surface area contributed by atoms with Gasteiger partial charge in [-0.25, -0.2) is 0 Å². The minimum absolute atomic E-state index is 0.672. The van der Waals surface area contributed by atoms with Crippen molar-refractivity contribution >= 4 is 5.69 Å². The van der Waals surface area contributed by atoms with Crippen molar-refractivity contribution in [1.29, 1.82) is 0 Å². The third-order valence-corrected chi connectivity index (χ3v) is 3.72. The number of nitrogens with zero attached hydrogens (tertiary/aromatic N) is 1. The summed E-state index contributed by atoms with van der Waals surface area (Å²) in [6.45, 7) is 8.84. The van der Waals surface area contributed by atoms with Crippen LogP contribution in [0.1, 0.15) is 16.7 Å². The van der Waals surface area contributed by atoms with Gasteiger partial charge in [0, 0.05) is 25.8 Å². The molecule has 0 atom stereocenters. The zero-order valence-electron chi connectivity index (χ0n) is 10.1. The fourth-order valence-corrected chi connectivity index (χ4v) is 2.07. The molecule has 0 unspecified atom stereocenters. The molecule has 82 valence electrons. The number of anilines is 1. The number of hydrogen-bond acceptors (Lipinski definition) is 2. The van der Waals surface area contributed by atoms with E-state index in [0.717, 1.165) is 13.1 Å². The Balaban J connectivity index is 2.31. The molecule has 1 aromatic rings. The van der Waals surface area contributed by atoms with Crippen molar-refractivity contribution in [2.75, 3.05) is 25.0 Å². The summed E-state index contributed by atoms with van der Waals surface area (Å²) < 4.78 is 0. The molecule has 2 heteroatoms. The Morgan fingerprint density at radius 2 is 1.80 bits per heavy atom. The van der Waals surface area contributed by atoms with Gasteiger partial charge in [-0.05, 0) is 43.5 Å². The van der Waals surface area contributed by atoms with Crippen LogP contribution in [0.25, 0.3) is 0 Å². The molecule has 0 spiro atoms. The summed E-state index contributed by atoms with van der Waals surface area (Å²) >= 11 is 0. The van der Waals surface area contributed by atoms with Crippen molar-refractivity contribution in [3.05, 3.63) is 28.8 Å². The number of aryl methyl sites for hydroxylation is 1. The molecule has 15 heavy (non-hydrogen) atoms. The monoisotopic (exact) mass is 204 g/mol. The van der Waals surface area contributed by atoms with E-state index in [-0.39, 0.29) is 0 Å². The van der Waals surface area contributed by atoms with Gasteiger partial charge < -0.3 is 10.2 Å². The third-order valence-electron chi connectivity index (χ3n) is 3.72. The van der Waals surface area contributed by atoms with E-state index in [4.69, 9.17) is 0 Å². The molecule has 0 radical (unpaired) electrons. The van der Waals surface area contributed by atoms with E-state index >= 15 is 0 Å². The standard InChI is InChI=1S/C13H20N2/c1-9-5-6-13(11(3)10(9)2)15(4)12-7-14-8-12/h5-6,12,14H,7-8H2,1-4H3. The van der Waals surface area contributed by atoms with Crippen molar-refractivity contribution in [1.82, 2.24) is 5.32 Å². The molecule has 0 aromatic heterocycles. The normalized spacial score (nSPS) is 16.3. The van der Waals surface area contributed by atoms with Crippen molar-refractivity contribution in [3.63, 3.8) is 0 Å². The van der Waals surface area contributed by atoms with Gasteiger partial charge in [0.25, 0.3) is 0 Å². The number of nitrogens with one attached hydrogen (secondary N) is 1. The van der Waals surface area contributed by atoms with Gasteiger partial charge in [0.1, 0.15) is 0 Å². The molecular weight excluding hydrogens is 184 g/mol. The molecule has 1 N–H and O–H groups in total. The Bertz CT molecular complexity index is 367. The average molecular weight is 204 g/mol. The van der Waals surface area contributed by atoms with E-state index in [1.807, 2.05) is 0 Å². The van der Waals surface area contributed by atoms with Crippen LogP contribution in [0.15, 0.2) is 12.1 Å². The molecule has 0 saturated carbocycles. The summed E-state index contributed by atoms with van der Waals surface area (Å²) in [5.41, 5.74) is 5.61. The van der Waals surface area contributed by atoms with E-state index in [1.165, 1.54) is 22.4 Å². The Hall–Kier alpha value is -1.02. The number of benzene rings is 1. The van der Waals surface area contributed by atoms with Gasteiger partial charge in [-0.2, -0.15) is 0 Å². The lowest BCUT2D eigenvalue weighted by atomic mass is 10.0. The Labute approximate surface area is 92.3 Å². The van der Waals surface area contributed by atoms with Gasteiger partial charge in [0.05, 0.1) is 6.04 Å². The molecule has 0 amide bonds. The first-order valence-electron chi connectivity index (χ1n) is 5.61. The third kappa shape index (κ3) is 1.74. The highest BCUT2D eigenvalue weighted by Crippen LogP contribution is 2.26. The summed E-state index contributed by atoms with van der Waals surface area (Å²) in [5.74, 6) is 0. The van der Waals surface area contributed by atoms with Crippen molar-refractivity contribution in [2.24, 2.45) is 0 Å². The second-order valence-corrected chi connectivity index (χ2v) is 4.57. The van der Waals surface area contributed by atoms with Gasteiger partial charge >= 0.3 is 0 Å². The molecule has 1 saturated heterocycles. The molecule has 1 aliphatic rings. The Morgan fingerprint density at radius 3 is 2.33 bits per heavy atom. The zero-order valence-corrected chi connectivity index (χ0v) is 10.1. The van der Waals surface area contributed by atoms with Gasteiger partial charge in [0.15, 0.2) is 0 Å². The molecule has 1 heterocycles. The zero-order chi connectivity index (χ0) is 11.0. The second-order valence-electron chi connectivity index (χ2n) is 4.57. The van der Waals surface area contributed by atoms with Crippen LogP contribution in [0.5, 0.6) is 0 Å². The van der Waals surface area contributed by atoms with Crippen molar-refractivity contribution in [3.8, 4) is 0 Å². The quantitative estimate of drug-likeness (QED) is 0.793. The maximum absolute atomic E-state index is 3.32. The minimum Gasteiger partial charge on any atom is -0.369 e. The fourth-order valence-electron chi connectivity index (χ4n) is 2.07. The molecule has 0 bridgehead atoms. The van der Waals surface area contributed by atoms with Crippen LogP contribution < -0.4 is 10.2 Å². The lowest BCUT2D eigenvalue weighted by molar-refractivity contribution is 0.428. The summed E-state index contributed by atoms with van der Waals surface area (Å²) in [6.07, 6.45) is 0. The molecule has 1 aliphatic heterocycles. The van der Waals surface area contributed by atoms with Gasteiger partial charge in [-0.1, -0.05) is 6.07 Å². The SMILES string of the molecule is Cc1ccc(N(C)C2CNC2)c(C)c1C. The van der Waals surface area contributed by atoms with Crippen molar-refractivity contribution < 1.29 is 0 Å². The topological polar surface area (TPSA) is 15.3 Å². The van der Waals surface area contributed by atoms with Crippen LogP contribution in [0.3, 0.4) is 0 Å². The molecular formula is C13H20N2. The van der Waals surface area contributed by atoms with Gasteiger partial charge in [-0.15, -0.1) is 0 Å². The number of likely N-dealkylation sites (N-methyl/N-ethyl adjacent to an activating group) is 1. The highest BCUT2D eigenvalue weighted by Gasteiger charge is 2.22. The lowest BCUT2D eigenvalue weighted by Gasteiger charge is -2.38. The summed E-state index contributed by atoms with van der Waals surface area (Å²) in [4.78, 5) is 2.40. The summed E-state index contributed by atoms with van der Waals surface area (Å²) in [5, 5.41) is 3.32. The minimum atomic E-state index is 0.672. The molecule has 2 rings (SSSR count). The lowest BCUT2D eigenvalue weighted by Crippen LogP contribution is -2.56. The largest absolute Gasteiger partial charge is 0.369 e. The molecule has 1 fully saturated rings. The Morgan fingerprint density at radius 1 is 1.13 bits per heavy atom. The summed E-state index contributed by atoms with van der Waals surface area (Å²) in [7, 11) is 2.20. The fraction of sp³-hybridized carbons (Fsp3) is 0.538. The molecule has 2 nitrogen and oxygen atoms in total. The maximum Gasteiger partial charge on any atom is 0.0535 e. The van der Waals surface area contributed by atoms with Crippen LogP contribution in [-0.2, 0) is 0 Å². The summed E-state index contributed by atoms with van der Waals surface area (Å²) in [6, 6.07) is 5.14. The number of hydrogen-bond donors (Lipinski definition) is 1. The van der Waals surface area contributed by atoms with Crippen LogP contribution in [0.2, 0.25) is 0 Å². The van der Waals surface area contributed by atoms with Gasteiger partial charge in [-0.3, -0.25) is 0 Å². The van der Waals surface area contributed by atoms with Crippen molar-refractivity contribution in [2.45, 2.75) is 26.8 Å². The first-order chi connectivity index (χ1) is 7.11. The van der Waals surface area contributed by atoms with E-state index in [1.54, 1.807) is 0 Å².